The number of hydrogen-bond acceptors (Lipinski definition) is 8. The molecule has 0 radical (unpaired) electrons. The van der Waals surface area contributed by atoms with E-state index in [1.165, 1.54) is 72.8 Å². The summed E-state index contributed by atoms with van der Waals surface area (Å²) >= 11 is 0. The summed E-state index contributed by atoms with van der Waals surface area (Å²) in [7, 11) is 0. The maximum absolute atomic E-state index is 12.4. The summed E-state index contributed by atoms with van der Waals surface area (Å²) in [5.74, 6) is -1.01. The Bertz CT molecular complexity index is 1260. The molecule has 182 valence electrons. The van der Waals surface area contributed by atoms with Gasteiger partial charge < -0.3 is 0 Å². The molecule has 12 nitrogen and oxygen atoms in total. The second kappa shape index (κ2) is 11.2. The van der Waals surface area contributed by atoms with Crippen molar-refractivity contribution >= 4 is 34.6 Å². The molecule has 0 aliphatic carbocycles. The Kier molecular flexibility index (Phi) is 7.92. The van der Waals surface area contributed by atoms with Crippen molar-refractivity contribution in [1.82, 2.24) is 10.9 Å². The number of carbonyl (C=O) groups is 2. The predicted molar refractivity (Wildman–Crippen MR) is 132 cm³/mol. The van der Waals surface area contributed by atoms with E-state index in [4.69, 9.17) is 0 Å². The molecule has 3 aromatic rings. The van der Waals surface area contributed by atoms with Crippen molar-refractivity contribution in [3.8, 4) is 0 Å². The highest BCUT2D eigenvalue weighted by Gasteiger charge is 2.10. The van der Waals surface area contributed by atoms with Crippen LogP contribution in [0.4, 0.5) is 11.4 Å². The molecule has 2 N–H and O–H groups in total. The first-order valence-electron chi connectivity index (χ1n) is 10.4. The van der Waals surface area contributed by atoms with Crippen molar-refractivity contribution in [2.45, 2.75) is 13.8 Å². The largest absolute Gasteiger partial charge is 0.271 e. The fourth-order valence-corrected chi connectivity index (χ4v) is 2.95. The fourth-order valence-electron chi connectivity index (χ4n) is 2.95. The quantitative estimate of drug-likeness (QED) is 0.277. The van der Waals surface area contributed by atoms with Crippen molar-refractivity contribution in [2.75, 3.05) is 0 Å². The Balaban J connectivity index is 1.59. The standard InChI is InChI=1S/C24H20N6O6/c1-15(17-7-11-21(12-8-17)29(33)34)25-27-23(31)19-3-5-20(6-4-19)24(32)28-26-16(2)18-9-13-22(14-10-18)30(35)36/h3-14H,1-2H3,(H,27,31)(H,28,32). The van der Waals surface area contributed by atoms with Crippen LogP contribution in [0.1, 0.15) is 45.7 Å². The zero-order chi connectivity index (χ0) is 26.2. The van der Waals surface area contributed by atoms with E-state index >= 15 is 0 Å². The van der Waals surface area contributed by atoms with Gasteiger partial charge in [0.05, 0.1) is 21.3 Å². The SMILES string of the molecule is CC(=NNC(=O)c1ccc(C(=O)NN=C(C)c2ccc([N+](=O)[O-])cc2)cc1)c1ccc([N+](=O)[O-])cc1. The van der Waals surface area contributed by atoms with Gasteiger partial charge in [-0.1, -0.05) is 0 Å². The lowest BCUT2D eigenvalue weighted by molar-refractivity contribution is -0.385. The van der Waals surface area contributed by atoms with Crippen LogP contribution in [0.25, 0.3) is 0 Å². The average Bonchev–Trinajstić information content (AvgIpc) is 2.90. The molecule has 0 unspecified atom stereocenters. The van der Waals surface area contributed by atoms with E-state index in [-0.39, 0.29) is 22.5 Å². The predicted octanol–water partition coefficient (Wildman–Crippen LogP) is 3.81. The Hall–Kier alpha value is -5.26. The molecule has 0 aliphatic heterocycles. The number of nitrogens with one attached hydrogen (secondary N) is 2. The highest BCUT2D eigenvalue weighted by atomic mass is 16.6. The highest BCUT2D eigenvalue weighted by Crippen LogP contribution is 2.14. The van der Waals surface area contributed by atoms with Crippen molar-refractivity contribution in [1.29, 1.82) is 0 Å². The summed E-state index contributed by atoms with van der Waals surface area (Å²) in [4.78, 5) is 45.2. The molecule has 3 aromatic carbocycles. The fraction of sp³-hybridized carbons (Fsp3) is 0.0833. The molecule has 0 aromatic heterocycles. The third-order valence-corrected chi connectivity index (χ3v) is 5.05. The zero-order valence-corrected chi connectivity index (χ0v) is 19.2. The molecule has 0 saturated heterocycles. The number of nitrogens with zero attached hydrogens (tertiary/aromatic N) is 4. The minimum atomic E-state index is -0.505. The van der Waals surface area contributed by atoms with E-state index in [0.717, 1.165) is 0 Å². The Morgan fingerprint density at radius 3 is 1.14 bits per heavy atom. The van der Waals surface area contributed by atoms with Gasteiger partial charge in [0.2, 0.25) is 0 Å². The van der Waals surface area contributed by atoms with Gasteiger partial charge in [-0.3, -0.25) is 29.8 Å². The van der Waals surface area contributed by atoms with E-state index in [9.17, 15) is 29.8 Å². The van der Waals surface area contributed by atoms with Crippen LogP contribution in [0.15, 0.2) is 83.0 Å². The maximum Gasteiger partial charge on any atom is 0.271 e. The molecule has 0 atom stereocenters. The summed E-state index contributed by atoms with van der Waals surface area (Å²) in [6.45, 7) is 3.29. The monoisotopic (exact) mass is 488 g/mol. The molecule has 0 spiro atoms. The molecule has 2 amide bonds. The number of benzene rings is 3. The van der Waals surface area contributed by atoms with Crippen molar-refractivity contribution in [3.63, 3.8) is 0 Å². The number of hydrogen-bond donors (Lipinski definition) is 2. The number of carbonyl (C=O) groups excluding carboxylic acids is 2. The Labute approximate surface area is 204 Å². The lowest BCUT2D eigenvalue weighted by Crippen LogP contribution is -2.21. The normalized spacial score (nSPS) is 11.5. The number of hydrazone groups is 2. The van der Waals surface area contributed by atoms with Crippen LogP contribution in [0.3, 0.4) is 0 Å². The van der Waals surface area contributed by atoms with Crippen LogP contribution in [0, 0.1) is 20.2 Å². The summed E-state index contributed by atoms with van der Waals surface area (Å²) in [5.41, 5.74) is 7.36. The molecular formula is C24H20N6O6. The molecule has 0 saturated carbocycles. The van der Waals surface area contributed by atoms with Crippen LogP contribution < -0.4 is 10.9 Å². The molecule has 0 aliphatic rings. The number of nitro benzene ring substituents is 2. The maximum atomic E-state index is 12.4. The summed E-state index contributed by atoms with van der Waals surface area (Å²) in [6, 6.07) is 17.3. The second-order valence-electron chi connectivity index (χ2n) is 7.46. The molecule has 0 heterocycles. The summed E-state index contributed by atoms with van der Waals surface area (Å²) in [5, 5.41) is 29.5. The number of rotatable bonds is 8. The smallest absolute Gasteiger partial charge is 0.267 e. The molecule has 12 heteroatoms. The zero-order valence-electron chi connectivity index (χ0n) is 19.2. The molecule has 36 heavy (non-hydrogen) atoms. The van der Waals surface area contributed by atoms with Gasteiger partial charge in [-0.25, -0.2) is 10.9 Å². The molecule has 3 rings (SSSR count). The van der Waals surface area contributed by atoms with E-state index in [0.29, 0.717) is 22.6 Å². The highest BCUT2D eigenvalue weighted by molar-refractivity contribution is 6.02. The minimum Gasteiger partial charge on any atom is -0.267 e. The number of nitro groups is 2. The third-order valence-electron chi connectivity index (χ3n) is 5.05. The van der Waals surface area contributed by atoms with Gasteiger partial charge in [-0.05, 0) is 73.5 Å². The van der Waals surface area contributed by atoms with Crippen LogP contribution in [-0.2, 0) is 0 Å². The Morgan fingerprint density at radius 2 is 0.861 bits per heavy atom. The van der Waals surface area contributed by atoms with Gasteiger partial charge in [-0.15, -0.1) is 0 Å². The lowest BCUT2D eigenvalue weighted by Gasteiger charge is -2.05. The van der Waals surface area contributed by atoms with Crippen molar-refractivity contribution in [2.24, 2.45) is 10.2 Å². The van der Waals surface area contributed by atoms with E-state index in [2.05, 4.69) is 21.1 Å². The van der Waals surface area contributed by atoms with Gasteiger partial charge in [0.25, 0.3) is 23.2 Å². The second-order valence-corrected chi connectivity index (χ2v) is 7.46. The van der Waals surface area contributed by atoms with E-state index in [1.807, 2.05) is 0 Å². The topological polar surface area (TPSA) is 169 Å². The van der Waals surface area contributed by atoms with E-state index in [1.54, 1.807) is 13.8 Å². The number of amides is 2. The van der Waals surface area contributed by atoms with Crippen LogP contribution in [0.5, 0.6) is 0 Å². The Morgan fingerprint density at radius 1 is 0.583 bits per heavy atom. The van der Waals surface area contributed by atoms with Gasteiger partial charge in [0.1, 0.15) is 0 Å². The van der Waals surface area contributed by atoms with Gasteiger partial charge in [0, 0.05) is 35.4 Å². The van der Waals surface area contributed by atoms with Gasteiger partial charge in [0.15, 0.2) is 0 Å². The van der Waals surface area contributed by atoms with Gasteiger partial charge >= 0.3 is 0 Å². The first kappa shape index (κ1) is 25.4. The first-order chi connectivity index (χ1) is 17.2. The van der Waals surface area contributed by atoms with Crippen LogP contribution >= 0.6 is 0 Å². The van der Waals surface area contributed by atoms with Gasteiger partial charge in [-0.2, -0.15) is 10.2 Å². The molecule has 0 fully saturated rings. The summed E-state index contributed by atoms with van der Waals surface area (Å²) < 4.78 is 0. The molecular weight excluding hydrogens is 468 g/mol. The first-order valence-corrected chi connectivity index (χ1v) is 10.4. The van der Waals surface area contributed by atoms with Crippen molar-refractivity contribution in [3.05, 3.63) is 115 Å². The third kappa shape index (κ3) is 6.41. The average molecular weight is 488 g/mol. The lowest BCUT2D eigenvalue weighted by atomic mass is 10.1. The van der Waals surface area contributed by atoms with Crippen LogP contribution in [0.2, 0.25) is 0 Å². The molecule has 0 bridgehead atoms. The van der Waals surface area contributed by atoms with Crippen molar-refractivity contribution < 1.29 is 19.4 Å². The van der Waals surface area contributed by atoms with E-state index < -0.39 is 21.7 Å². The summed E-state index contributed by atoms with van der Waals surface area (Å²) in [6.07, 6.45) is 0. The van der Waals surface area contributed by atoms with Crippen LogP contribution in [-0.4, -0.2) is 33.1 Å². The minimum absolute atomic E-state index is 0.0492. The number of non-ortho nitro benzene ring substituents is 2.